The number of rotatable bonds is 3. The number of amides is 1. The van der Waals surface area contributed by atoms with Crippen molar-refractivity contribution in [2.24, 2.45) is 0 Å². The van der Waals surface area contributed by atoms with Crippen molar-refractivity contribution in [2.75, 3.05) is 0 Å². The highest BCUT2D eigenvalue weighted by atomic mass is 16.1. The van der Waals surface area contributed by atoms with Gasteiger partial charge in [0.15, 0.2) is 0 Å². The van der Waals surface area contributed by atoms with Crippen molar-refractivity contribution in [1.29, 1.82) is 0 Å². The van der Waals surface area contributed by atoms with Crippen molar-refractivity contribution in [1.82, 2.24) is 10.3 Å². The first kappa shape index (κ1) is 11.7. The van der Waals surface area contributed by atoms with Crippen LogP contribution in [0.3, 0.4) is 0 Å². The Morgan fingerprint density at radius 2 is 2.13 bits per heavy atom. The molecule has 0 saturated carbocycles. The molecule has 15 heavy (non-hydrogen) atoms. The van der Waals surface area contributed by atoms with Gasteiger partial charge in [-0.3, -0.25) is 4.79 Å². The van der Waals surface area contributed by atoms with Gasteiger partial charge in [-0.25, -0.2) is 4.98 Å². The zero-order valence-corrected chi connectivity index (χ0v) is 9.79. The first-order chi connectivity index (χ1) is 7.04. The molecule has 0 radical (unpaired) electrons. The fourth-order valence-electron chi connectivity index (χ4n) is 1.25. The molecule has 3 heteroatoms. The summed E-state index contributed by atoms with van der Waals surface area (Å²) >= 11 is 0. The summed E-state index contributed by atoms with van der Waals surface area (Å²) in [4.78, 5) is 16.1. The molecule has 0 spiro atoms. The lowest BCUT2D eigenvalue weighted by Crippen LogP contribution is -2.33. The van der Waals surface area contributed by atoms with Crippen LogP contribution in [0, 0.1) is 13.8 Å². The number of carbonyl (C=O) groups excluding carboxylic acids is 1. The molecule has 0 aliphatic carbocycles. The van der Waals surface area contributed by atoms with E-state index in [1.807, 2.05) is 39.8 Å². The second kappa shape index (κ2) is 4.91. The lowest BCUT2D eigenvalue weighted by atomic mass is 10.1. The molecule has 1 aromatic rings. The van der Waals surface area contributed by atoms with Gasteiger partial charge in [-0.05, 0) is 38.8 Å². The molecule has 1 aromatic heterocycles. The van der Waals surface area contributed by atoms with Crippen molar-refractivity contribution in [3.8, 4) is 0 Å². The van der Waals surface area contributed by atoms with Crippen LogP contribution in [0.25, 0.3) is 0 Å². The van der Waals surface area contributed by atoms with Crippen molar-refractivity contribution < 1.29 is 4.79 Å². The average molecular weight is 206 g/mol. The molecule has 0 bridgehead atoms. The molecule has 82 valence electrons. The van der Waals surface area contributed by atoms with Crippen molar-refractivity contribution in [3.63, 3.8) is 0 Å². The van der Waals surface area contributed by atoms with Crippen LogP contribution in [-0.4, -0.2) is 16.9 Å². The highest BCUT2D eigenvalue weighted by Crippen LogP contribution is 2.06. The smallest absolute Gasteiger partial charge is 0.270 e. The van der Waals surface area contributed by atoms with E-state index in [-0.39, 0.29) is 11.9 Å². The highest BCUT2D eigenvalue weighted by Gasteiger charge is 2.12. The predicted molar refractivity (Wildman–Crippen MR) is 60.9 cm³/mol. The number of nitrogens with one attached hydrogen (secondary N) is 1. The summed E-state index contributed by atoms with van der Waals surface area (Å²) in [5.41, 5.74) is 2.33. The average Bonchev–Trinajstić information content (AvgIpc) is 2.21. The molecular weight excluding hydrogens is 188 g/mol. The van der Waals surface area contributed by atoms with Crippen LogP contribution < -0.4 is 5.32 Å². The summed E-state index contributed by atoms with van der Waals surface area (Å²) in [5.74, 6) is -0.0782. The maximum Gasteiger partial charge on any atom is 0.270 e. The molecule has 1 amide bonds. The standard InChI is InChI=1S/C12H18N2O/c1-5-9(3)14-12(15)11-8(2)6-7-10(4)13-11/h6-7,9H,5H2,1-4H3,(H,14,15). The predicted octanol–water partition coefficient (Wildman–Crippen LogP) is 2.23. The van der Waals surface area contributed by atoms with Gasteiger partial charge in [0.25, 0.3) is 5.91 Å². The van der Waals surface area contributed by atoms with Crippen molar-refractivity contribution >= 4 is 5.91 Å². The third kappa shape index (κ3) is 3.05. The Morgan fingerprint density at radius 1 is 1.47 bits per heavy atom. The Morgan fingerprint density at radius 3 is 2.73 bits per heavy atom. The van der Waals surface area contributed by atoms with Crippen LogP contribution in [0.15, 0.2) is 12.1 Å². The summed E-state index contributed by atoms with van der Waals surface area (Å²) in [6.45, 7) is 7.82. The minimum absolute atomic E-state index is 0.0782. The number of carbonyl (C=O) groups is 1. The molecule has 3 nitrogen and oxygen atoms in total. The minimum atomic E-state index is -0.0782. The second-order valence-electron chi connectivity index (χ2n) is 3.90. The van der Waals surface area contributed by atoms with E-state index in [1.165, 1.54) is 0 Å². The summed E-state index contributed by atoms with van der Waals surface area (Å²) in [6.07, 6.45) is 0.927. The van der Waals surface area contributed by atoms with Crippen LogP contribution in [-0.2, 0) is 0 Å². The van der Waals surface area contributed by atoms with Gasteiger partial charge in [0.05, 0.1) is 0 Å². The molecular formula is C12H18N2O. The fourth-order valence-corrected chi connectivity index (χ4v) is 1.25. The molecule has 0 aliphatic heterocycles. The number of hydrogen-bond donors (Lipinski definition) is 1. The number of hydrogen-bond acceptors (Lipinski definition) is 2. The van der Waals surface area contributed by atoms with E-state index in [2.05, 4.69) is 10.3 Å². The molecule has 1 heterocycles. The molecule has 1 N–H and O–H groups in total. The van der Waals surface area contributed by atoms with Crippen molar-refractivity contribution in [3.05, 3.63) is 29.1 Å². The first-order valence-corrected chi connectivity index (χ1v) is 5.29. The van der Waals surface area contributed by atoms with Gasteiger partial charge in [0, 0.05) is 11.7 Å². The maximum atomic E-state index is 11.8. The van der Waals surface area contributed by atoms with Gasteiger partial charge in [-0.2, -0.15) is 0 Å². The van der Waals surface area contributed by atoms with E-state index < -0.39 is 0 Å². The van der Waals surface area contributed by atoms with Crippen molar-refractivity contribution in [2.45, 2.75) is 40.2 Å². The van der Waals surface area contributed by atoms with Gasteiger partial charge < -0.3 is 5.32 Å². The largest absolute Gasteiger partial charge is 0.348 e. The Labute approximate surface area is 90.9 Å². The Kier molecular flexibility index (Phi) is 3.83. The number of aromatic nitrogens is 1. The normalized spacial score (nSPS) is 12.3. The van der Waals surface area contributed by atoms with Gasteiger partial charge >= 0.3 is 0 Å². The zero-order valence-electron chi connectivity index (χ0n) is 9.79. The summed E-state index contributed by atoms with van der Waals surface area (Å²) in [7, 11) is 0. The van der Waals surface area contributed by atoms with E-state index in [4.69, 9.17) is 0 Å². The summed E-state index contributed by atoms with van der Waals surface area (Å²) < 4.78 is 0. The number of pyridine rings is 1. The van der Waals surface area contributed by atoms with Crippen LogP contribution in [0.2, 0.25) is 0 Å². The van der Waals surface area contributed by atoms with E-state index in [1.54, 1.807) is 0 Å². The molecule has 0 fully saturated rings. The Balaban J connectivity index is 2.86. The van der Waals surface area contributed by atoms with Gasteiger partial charge in [0.2, 0.25) is 0 Å². The molecule has 1 rings (SSSR count). The molecule has 0 aromatic carbocycles. The SMILES string of the molecule is CCC(C)NC(=O)c1nc(C)ccc1C. The third-order valence-corrected chi connectivity index (χ3v) is 2.44. The molecule has 1 atom stereocenters. The maximum absolute atomic E-state index is 11.8. The third-order valence-electron chi connectivity index (χ3n) is 2.44. The first-order valence-electron chi connectivity index (χ1n) is 5.29. The molecule has 1 unspecified atom stereocenters. The number of nitrogens with zero attached hydrogens (tertiary/aromatic N) is 1. The molecule has 0 aliphatic rings. The zero-order chi connectivity index (χ0) is 11.4. The fraction of sp³-hybridized carbons (Fsp3) is 0.500. The minimum Gasteiger partial charge on any atom is -0.348 e. The Bertz CT molecular complexity index is 361. The van der Waals surface area contributed by atoms with Crippen LogP contribution in [0.1, 0.15) is 42.0 Å². The summed E-state index contributed by atoms with van der Waals surface area (Å²) in [5, 5.41) is 2.91. The quantitative estimate of drug-likeness (QED) is 0.824. The van der Waals surface area contributed by atoms with Gasteiger partial charge in [-0.15, -0.1) is 0 Å². The summed E-state index contributed by atoms with van der Waals surface area (Å²) in [6, 6.07) is 4.03. The van der Waals surface area contributed by atoms with E-state index in [0.29, 0.717) is 5.69 Å². The molecule has 0 saturated heterocycles. The van der Waals surface area contributed by atoms with E-state index >= 15 is 0 Å². The van der Waals surface area contributed by atoms with Gasteiger partial charge in [-0.1, -0.05) is 13.0 Å². The van der Waals surface area contributed by atoms with E-state index in [9.17, 15) is 4.79 Å². The monoisotopic (exact) mass is 206 g/mol. The lowest BCUT2D eigenvalue weighted by Gasteiger charge is -2.12. The second-order valence-corrected chi connectivity index (χ2v) is 3.90. The van der Waals surface area contributed by atoms with Crippen LogP contribution in [0.5, 0.6) is 0 Å². The van der Waals surface area contributed by atoms with Crippen LogP contribution in [0.4, 0.5) is 0 Å². The topological polar surface area (TPSA) is 42.0 Å². The lowest BCUT2D eigenvalue weighted by molar-refractivity contribution is 0.0933. The van der Waals surface area contributed by atoms with Crippen LogP contribution >= 0.6 is 0 Å². The van der Waals surface area contributed by atoms with E-state index in [0.717, 1.165) is 17.7 Å². The Hall–Kier alpha value is -1.38. The number of aryl methyl sites for hydroxylation is 2. The highest BCUT2D eigenvalue weighted by molar-refractivity contribution is 5.93. The van der Waals surface area contributed by atoms with Gasteiger partial charge in [0.1, 0.15) is 5.69 Å².